The van der Waals surface area contributed by atoms with Crippen molar-refractivity contribution in [3.63, 3.8) is 0 Å². The van der Waals surface area contributed by atoms with Gasteiger partial charge in [-0.25, -0.2) is 4.98 Å². The summed E-state index contributed by atoms with van der Waals surface area (Å²) >= 11 is 6.17. The van der Waals surface area contributed by atoms with Gasteiger partial charge in [-0.2, -0.15) is 0 Å². The molecule has 0 saturated heterocycles. The van der Waals surface area contributed by atoms with E-state index in [9.17, 15) is 0 Å². The van der Waals surface area contributed by atoms with Gasteiger partial charge in [-0.3, -0.25) is 0 Å². The standard InChI is InChI=1S/C15H13ClN2O/c1-19-13-6-7-18-10-12(17-15(18)9-13)8-11-4-2-3-5-14(11)16/h2-7,9-10H,8H2,1H3. The molecule has 0 bridgehead atoms. The van der Waals surface area contributed by atoms with Crippen molar-refractivity contribution in [2.45, 2.75) is 6.42 Å². The van der Waals surface area contributed by atoms with Crippen LogP contribution in [0.1, 0.15) is 11.3 Å². The van der Waals surface area contributed by atoms with E-state index in [0.717, 1.165) is 34.1 Å². The Morgan fingerprint density at radius 2 is 2.11 bits per heavy atom. The van der Waals surface area contributed by atoms with E-state index in [2.05, 4.69) is 4.98 Å². The van der Waals surface area contributed by atoms with Crippen molar-refractivity contribution < 1.29 is 4.74 Å². The van der Waals surface area contributed by atoms with Gasteiger partial charge in [0.1, 0.15) is 11.4 Å². The van der Waals surface area contributed by atoms with Crippen LogP contribution in [0.15, 0.2) is 48.8 Å². The fourth-order valence-corrected chi connectivity index (χ4v) is 2.27. The highest BCUT2D eigenvalue weighted by atomic mass is 35.5. The molecule has 0 N–H and O–H groups in total. The lowest BCUT2D eigenvalue weighted by Gasteiger charge is -2.00. The van der Waals surface area contributed by atoms with Crippen LogP contribution < -0.4 is 4.74 Å². The predicted octanol–water partition coefficient (Wildman–Crippen LogP) is 3.59. The maximum atomic E-state index is 6.17. The molecule has 0 aliphatic carbocycles. The minimum absolute atomic E-state index is 0.726. The minimum Gasteiger partial charge on any atom is -0.497 e. The van der Waals surface area contributed by atoms with Crippen molar-refractivity contribution in [3.8, 4) is 5.75 Å². The van der Waals surface area contributed by atoms with Crippen LogP contribution in [0.4, 0.5) is 0 Å². The van der Waals surface area contributed by atoms with Gasteiger partial charge >= 0.3 is 0 Å². The van der Waals surface area contributed by atoms with E-state index in [-0.39, 0.29) is 0 Å². The topological polar surface area (TPSA) is 26.5 Å². The summed E-state index contributed by atoms with van der Waals surface area (Å²) in [5, 5.41) is 0.775. The lowest BCUT2D eigenvalue weighted by molar-refractivity contribution is 0.414. The molecule has 3 rings (SSSR count). The molecule has 0 saturated carbocycles. The molecule has 2 aromatic heterocycles. The van der Waals surface area contributed by atoms with Gasteiger partial charge in [0.25, 0.3) is 0 Å². The second-order valence-corrected chi connectivity index (χ2v) is 4.74. The summed E-state index contributed by atoms with van der Waals surface area (Å²) in [5.41, 5.74) is 2.95. The molecule has 1 aromatic carbocycles. The van der Waals surface area contributed by atoms with E-state index in [0.29, 0.717) is 0 Å². The molecule has 3 aromatic rings. The highest BCUT2D eigenvalue weighted by Gasteiger charge is 2.06. The lowest BCUT2D eigenvalue weighted by Crippen LogP contribution is -1.88. The summed E-state index contributed by atoms with van der Waals surface area (Å²) in [4.78, 5) is 4.58. The Labute approximate surface area is 116 Å². The predicted molar refractivity (Wildman–Crippen MR) is 76.0 cm³/mol. The molecule has 0 fully saturated rings. The molecule has 96 valence electrons. The molecule has 0 unspecified atom stereocenters. The number of nitrogens with zero attached hydrogens (tertiary/aromatic N) is 2. The number of ether oxygens (including phenoxy) is 1. The van der Waals surface area contributed by atoms with Gasteiger partial charge in [0.15, 0.2) is 0 Å². The second kappa shape index (κ2) is 4.94. The zero-order valence-corrected chi connectivity index (χ0v) is 11.3. The molecular formula is C15H13ClN2O. The molecule has 0 atom stereocenters. The smallest absolute Gasteiger partial charge is 0.140 e. The van der Waals surface area contributed by atoms with Gasteiger partial charge in [0, 0.05) is 29.9 Å². The molecule has 2 heterocycles. The monoisotopic (exact) mass is 272 g/mol. The third-order valence-corrected chi connectivity index (χ3v) is 3.42. The summed E-state index contributed by atoms with van der Waals surface area (Å²) in [6, 6.07) is 11.7. The Hall–Kier alpha value is -2.00. The number of aromatic nitrogens is 2. The fraction of sp³-hybridized carbons (Fsp3) is 0.133. The van der Waals surface area contributed by atoms with Crippen LogP contribution >= 0.6 is 11.6 Å². The van der Waals surface area contributed by atoms with Crippen molar-refractivity contribution in [1.82, 2.24) is 9.38 Å². The first-order valence-corrected chi connectivity index (χ1v) is 6.39. The number of halogens is 1. The Bertz CT molecular complexity index is 721. The maximum Gasteiger partial charge on any atom is 0.140 e. The highest BCUT2D eigenvalue weighted by molar-refractivity contribution is 6.31. The molecule has 0 amide bonds. The molecule has 0 aliphatic heterocycles. The number of fused-ring (bicyclic) bond motifs is 1. The summed E-state index contributed by atoms with van der Waals surface area (Å²) in [7, 11) is 1.65. The number of hydrogen-bond acceptors (Lipinski definition) is 2. The molecule has 3 nitrogen and oxygen atoms in total. The van der Waals surface area contributed by atoms with Crippen LogP contribution in [0.25, 0.3) is 5.65 Å². The van der Waals surface area contributed by atoms with E-state index in [1.54, 1.807) is 7.11 Å². The highest BCUT2D eigenvalue weighted by Crippen LogP contribution is 2.20. The summed E-state index contributed by atoms with van der Waals surface area (Å²) < 4.78 is 7.18. The number of benzene rings is 1. The minimum atomic E-state index is 0.726. The fourth-order valence-electron chi connectivity index (χ4n) is 2.06. The van der Waals surface area contributed by atoms with Crippen LogP contribution in [-0.2, 0) is 6.42 Å². The van der Waals surface area contributed by atoms with Crippen molar-refractivity contribution in [3.05, 3.63) is 65.1 Å². The molecular weight excluding hydrogens is 260 g/mol. The van der Waals surface area contributed by atoms with Crippen LogP contribution in [-0.4, -0.2) is 16.5 Å². The SMILES string of the molecule is COc1ccn2cc(Cc3ccccc3Cl)nc2c1. The number of rotatable bonds is 3. The van der Waals surface area contributed by atoms with Crippen LogP contribution in [0.2, 0.25) is 5.02 Å². The van der Waals surface area contributed by atoms with Crippen LogP contribution in [0, 0.1) is 0 Å². The quantitative estimate of drug-likeness (QED) is 0.728. The number of pyridine rings is 1. The molecule has 4 heteroatoms. The molecule has 0 aliphatic rings. The molecule has 19 heavy (non-hydrogen) atoms. The summed E-state index contributed by atoms with van der Waals surface area (Å²) in [6.45, 7) is 0. The second-order valence-electron chi connectivity index (χ2n) is 4.33. The summed E-state index contributed by atoms with van der Waals surface area (Å²) in [5.74, 6) is 0.808. The lowest BCUT2D eigenvalue weighted by atomic mass is 10.1. The van der Waals surface area contributed by atoms with E-state index in [4.69, 9.17) is 16.3 Å². The largest absolute Gasteiger partial charge is 0.497 e. The van der Waals surface area contributed by atoms with Crippen molar-refractivity contribution in [2.24, 2.45) is 0 Å². The molecule has 0 radical (unpaired) electrons. The first-order valence-electron chi connectivity index (χ1n) is 6.01. The number of methoxy groups -OCH3 is 1. The van der Waals surface area contributed by atoms with E-state index in [1.807, 2.05) is 53.2 Å². The Morgan fingerprint density at radius 1 is 1.26 bits per heavy atom. The van der Waals surface area contributed by atoms with Gasteiger partial charge in [-0.05, 0) is 17.7 Å². The molecule has 0 spiro atoms. The average molecular weight is 273 g/mol. The normalized spacial score (nSPS) is 10.8. The van der Waals surface area contributed by atoms with Gasteiger partial charge in [0.05, 0.1) is 12.8 Å². The number of hydrogen-bond donors (Lipinski definition) is 0. The Balaban J connectivity index is 1.95. The third kappa shape index (κ3) is 2.42. The van der Waals surface area contributed by atoms with Gasteiger partial charge < -0.3 is 9.14 Å². The van der Waals surface area contributed by atoms with Crippen molar-refractivity contribution in [1.29, 1.82) is 0 Å². The van der Waals surface area contributed by atoms with E-state index in [1.165, 1.54) is 0 Å². The third-order valence-electron chi connectivity index (χ3n) is 3.05. The zero-order chi connectivity index (χ0) is 13.2. The van der Waals surface area contributed by atoms with E-state index >= 15 is 0 Å². The Kier molecular flexibility index (Phi) is 3.13. The zero-order valence-electron chi connectivity index (χ0n) is 10.5. The van der Waals surface area contributed by atoms with Crippen molar-refractivity contribution >= 4 is 17.2 Å². The summed E-state index contributed by atoms with van der Waals surface area (Å²) in [6.07, 6.45) is 4.68. The first-order chi connectivity index (χ1) is 9.26. The van der Waals surface area contributed by atoms with Crippen molar-refractivity contribution in [2.75, 3.05) is 7.11 Å². The van der Waals surface area contributed by atoms with Gasteiger partial charge in [0.2, 0.25) is 0 Å². The van der Waals surface area contributed by atoms with Crippen LogP contribution in [0.3, 0.4) is 0 Å². The van der Waals surface area contributed by atoms with Gasteiger partial charge in [-0.15, -0.1) is 0 Å². The maximum absolute atomic E-state index is 6.17. The average Bonchev–Trinajstić information content (AvgIpc) is 2.82. The Morgan fingerprint density at radius 3 is 2.89 bits per heavy atom. The number of imidazole rings is 1. The van der Waals surface area contributed by atoms with Crippen LogP contribution in [0.5, 0.6) is 5.75 Å². The first kappa shape index (κ1) is 12.1. The van der Waals surface area contributed by atoms with E-state index < -0.39 is 0 Å². The van der Waals surface area contributed by atoms with Gasteiger partial charge in [-0.1, -0.05) is 29.8 Å².